The summed E-state index contributed by atoms with van der Waals surface area (Å²) in [6.45, 7) is 0. The summed E-state index contributed by atoms with van der Waals surface area (Å²) >= 11 is 3.51. The lowest BCUT2D eigenvalue weighted by Gasteiger charge is -2.36. The first-order chi connectivity index (χ1) is 29.3. The fraction of sp³-hybridized carbons (Fsp3) is 0. The standard InChI is InChI=1S/C54H36N2S2Si/c1-5-19-37(20-6-1)49-50(38-21-7-2-8-22-38)52(40-24-18-26-42(36-40)54-56-46-32-14-16-34-48(46)58-54)59(43-27-9-3-10-28-43,44-29-11-4-12-30-44)51(49)39-23-17-25-41(35-39)53-55-45-31-13-15-33-47(45)57-53/h1-36H. The molecule has 8 aromatic carbocycles. The molecule has 2 nitrogen and oxygen atoms in total. The first-order valence-corrected chi connectivity index (χ1v) is 23.5. The zero-order valence-electron chi connectivity index (χ0n) is 32.0. The van der Waals surface area contributed by atoms with Gasteiger partial charge in [0, 0.05) is 11.1 Å². The van der Waals surface area contributed by atoms with Crippen LogP contribution in [-0.4, -0.2) is 18.0 Å². The highest BCUT2D eigenvalue weighted by Crippen LogP contribution is 2.56. The fourth-order valence-corrected chi connectivity index (χ4v) is 16.5. The molecule has 2 aromatic heterocycles. The lowest BCUT2D eigenvalue weighted by molar-refractivity contribution is 1.47. The van der Waals surface area contributed by atoms with E-state index in [9.17, 15) is 0 Å². The number of fused-ring (bicyclic) bond motifs is 2. The van der Waals surface area contributed by atoms with Gasteiger partial charge in [-0.1, -0.05) is 182 Å². The average Bonchev–Trinajstić information content (AvgIpc) is 4.04. The van der Waals surface area contributed by atoms with Crippen LogP contribution in [0.3, 0.4) is 0 Å². The van der Waals surface area contributed by atoms with Gasteiger partial charge < -0.3 is 0 Å². The lowest BCUT2D eigenvalue weighted by Crippen LogP contribution is -2.59. The number of hydrogen-bond acceptors (Lipinski definition) is 4. The molecule has 0 N–H and O–H groups in total. The summed E-state index contributed by atoms with van der Waals surface area (Å²) < 4.78 is 2.39. The molecular formula is C54H36N2S2Si. The van der Waals surface area contributed by atoms with E-state index in [1.54, 1.807) is 22.7 Å². The Morgan fingerprint density at radius 3 is 1.05 bits per heavy atom. The maximum absolute atomic E-state index is 5.16. The fourth-order valence-electron chi connectivity index (χ4n) is 8.99. The second-order valence-electron chi connectivity index (χ2n) is 14.8. The van der Waals surface area contributed by atoms with E-state index in [4.69, 9.17) is 9.97 Å². The van der Waals surface area contributed by atoms with Gasteiger partial charge in [-0.3, -0.25) is 0 Å². The Morgan fingerprint density at radius 2 is 0.644 bits per heavy atom. The van der Waals surface area contributed by atoms with Crippen LogP contribution in [0.2, 0.25) is 0 Å². The number of thiazole rings is 2. The summed E-state index contributed by atoms with van der Waals surface area (Å²) in [5, 5.41) is 7.49. The molecule has 0 bridgehead atoms. The minimum absolute atomic E-state index is 1.03. The predicted octanol–water partition coefficient (Wildman–Crippen LogP) is 13.1. The molecule has 0 atom stereocenters. The smallest absolute Gasteiger partial charge is 0.182 e. The van der Waals surface area contributed by atoms with Gasteiger partial charge >= 0.3 is 0 Å². The zero-order chi connectivity index (χ0) is 39.2. The summed E-state index contributed by atoms with van der Waals surface area (Å²) in [5.41, 5.74) is 11.7. The second kappa shape index (κ2) is 14.9. The second-order valence-corrected chi connectivity index (χ2v) is 20.6. The van der Waals surface area contributed by atoms with E-state index in [1.807, 2.05) is 0 Å². The quantitative estimate of drug-likeness (QED) is 0.143. The van der Waals surface area contributed by atoms with Crippen molar-refractivity contribution in [2.24, 2.45) is 0 Å². The first kappa shape index (κ1) is 35.4. The normalized spacial score (nSPS) is 13.8. The van der Waals surface area contributed by atoms with Crippen LogP contribution in [0.15, 0.2) is 218 Å². The van der Waals surface area contributed by atoms with Gasteiger partial charge in [-0.25, -0.2) is 9.97 Å². The minimum atomic E-state index is -3.20. The monoisotopic (exact) mass is 804 g/mol. The number of nitrogens with zero attached hydrogens (tertiary/aromatic N) is 2. The molecule has 11 rings (SSSR count). The van der Waals surface area contributed by atoms with Gasteiger partial charge in [0.15, 0.2) is 8.07 Å². The third-order valence-electron chi connectivity index (χ3n) is 11.4. The average molecular weight is 805 g/mol. The van der Waals surface area contributed by atoms with E-state index in [0.29, 0.717) is 0 Å². The van der Waals surface area contributed by atoms with E-state index in [-0.39, 0.29) is 0 Å². The molecule has 1 aliphatic rings. The summed E-state index contributed by atoms with van der Waals surface area (Å²) in [7, 11) is -3.20. The van der Waals surface area contributed by atoms with Crippen LogP contribution >= 0.6 is 22.7 Å². The Kier molecular flexibility index (Phi) is 8.93. The topological polar surface area (TPSA) is 25.8 Å². The van der Waals surface area contributed by atoms with Crippen molar-refractivity contribution in [3.05, 3.63) is 241 Å². The molecule has 59 heavy (non-hydrogen) atoms. The Labute approximate surface area is 352 Å². The van der Waals surface area contributed by atoms with E-state index < -0.39 is 8.07 Å². The molecule has 5 heteroatoms. The summed E-state index contributed by atoms with van der Waals surface area (Å²) in [6, 6.07) is 80.2. The summed E-state index contributed by atoms with van der Waals surface area (Å²) in [6.07, 6.45) is 0. The highest BCUT2D eigenvalue weighted by molar-refractivity contribution is 7.29. The summed E-state index contributed by atoms with van der Waals surface area (Å²) in [4.78, 5) is 10.3. The van der Waals surface area contributed by atoms with E-state index in [0.717, 1.165) is 32.2 Å². The molecule has 10 aromatic rings. The van der Waals surface area contributed by atoms with Crippen LogP contribution in [0.25, 0.3) is 63.1 Å². The third kappa shape index (κ3) is 6.05. The van der Waals surface area contributed by atoms with Crippen molar-refractivity contribution in [2.45, 2.75) is 0 Å². The number of benzene rings is 8. The van der Waals surface area contributed by atoms with E-state index in [1.165, 1.54) is 63.6 Å². The van der Waals surface area contributed by atoms with Crippen molar-refractivity contribution in [3.63, 3.8) is 0 Å². The number of rotatable bonds is 8. The Balaban J connectivity index is 1.29. The van der Waals surface area contributed by atoms with Crippen molar-refractivity contribution in [3.8, 4) is 21.1 Å². The number of hydrogen-bond donors (Lipinski definition) is 0. The van der Waals surface area contributed by atoms with Crippen molar-refractivity contribution >= 4 is 83.1 Å². The predicted molar refractivity (Wildman–Crippen MR) is 255 cm³/mol. The first-order valence-electron chi connectivity index (χ1n) is 19.9. The lowest BCUT2D eigenvalue weighted by atomic mass is 9.89. The Hall–Kier alpha value is -6.76. The van der Waals surface area contributed by atoms with Gasteiger partial charge in [0.1, 0.15) is 10.0 Å². The maximum atomic E-state index is 5.16. The molecule has 278 valence electrons. The van der Waals surface area contributed by atoms with E-state index >= 15 is 0 Å². The van der Waals surface area contributed by atoms with Gasteiger partial charge in [0.05, 0.1) is 20.4 Å². The molecular weight excluding hydrogens is 769 g/mol. The van der Waals surface area contributed by atoms with E-state index in [2.05, 4.69) is 218 Å². The molecule has 0 amide bonds. The molecule has 1 aliphatic heterocycles. The molecule has 3 heterocycles. The van der Waals surface area contributed by atoms with Gasteiger partial charge in [0.2, 0.25) is 0 Å². The van der Waals surface area contributed by atoms with Crippen molar-refractivity contribution < 1.29 is 0 Å². The number of para-hydroxylation sites is 2. The summed E-state index contributed by atoms with van der Waals surface area (Å²) in [5.74, 6) is 0. The van der Waals surface area contributed by atoms with Crippen molar-refractivity contribution in [1.82, 2.24) is 9.97 Å². The maximum Gasteiger partial charge on any atom is 0.182 e. The van der Waals surface area contributed by atoms with Gasteiger partial charge in [-0.2, -0.15) is 0 Å². The van der Waals surface area contributed by atoms with Gasteiger partial charge in [-0.15, -0.1) is 22.7 Å². The van der Waals surface area contributed by atoms with Crippen LogP contribution < -0.4 is 10.4 Å². The number of aromatic nitrogens is 2. The molecule has 0 unspecified atom stereocenters. The molecule has 0 fully saturated rings. The zero-order valence-corrected chi connectivity index (χ0v) is 34.6. The Morgan fingerprint density at radius 1 is 0.305 bits per heavy atom. The molecule has 0 aliphatic carbocycles. The van der Waals surface area contributed by atoms with Crippen LogP contribution in [0, 0.1) is 0 Å². The highest BCUT2D eigenvalue weighted by Gasteiger charge is 2.53. The van der Waals surface area contributed by atoms with Crippen LogP contribution in [0.4, 0.5) is 0 Å². The molecule has 0 saturated carbocycles. The third-order valence-corrected chi connectivity index (χ3v) is 18.6. The van der Waals surface area contributed by atoms with Crippen molar-refractivity contribution in [1.29, 1.82) is 0 Å². The van der Waals surface area contributed by atoms with Gasteiger partial charge in [0.25, 0.3) is 0 Å². The Bertz CT molecular complexity index is 2920. The van der Waals surface area contributed by atoms with Crippen LogP contribution in [0.1, 0.15) is 22.3 Å². The highest BCUT2D eigenvalue weighted by atomic mass is 32.1. The minimum Gasteiger partial charge on any atom is -0.236 e. The van der Waals surface area contributed by atoms with Crippen LogP contribution in [-0.2, 0) is 0 Å². The number of allylic oxidation sites excluding steroid dienone is 2. The SMILES string of the molecule is c1ccc(C2=C(c3cccc(-c4nc5ccccc5s4)c3)[Si](c3ccccc3)(c3ccccc3)C(c3cccc(-c4nc5ccccc5s4)c3)=C2c2ccccc2)cc1. The molecule has 0 saturated heterocycles. The van der Waals surface area contributed by atoms with Crippen molar-refractivity contribution in [2.75, 3.05) is 0 Å². The largest absolute Gasteiger partial charge is 0.236 e. The molecule has 0 spiro atoms. The molecule has 0 radical (unpaired) electrons. The van der Waals surface area contributed by atoms with Gasteiger partial charge in [-0.05, 0) is 90.6 Å². The van der Waals surface area contributed by atoms with Crippen LogP contribution in [0.5, 0.6) is 0 Å².